The van der Waals surface area contributed by atoms with E-state index in [0.717, 1.165) is 11.0 Å². The van der Waals surface area contributed by atoms with E-state index in [4.69, 9.17) is 0 Å². The van der Waals surface area contributed by atoms with Crippen LogP contribution in [0.25, 0.3) is 0 Å². The van der Waals surface area contributed by atoms with Crippen LogP contribution < -0.4 is 5.32 Å². The highest BCUT2D eigenvalue weighted by Gasteiger charge is 2.38. The Kier molecular flexibility index (Phi) is 4.17. The van der Waals surface area contributed by atoms with Gasteiger partial charge in [0, 0.05) is 29.2 Å². The lowest BCUT2D eigenvalue weighted by Crippen LogP contribution is -2.41. The second kappa shape index (κ2) is 5.93. The minimum Gasteiger partial charge on any atom is -0.379 e. The number of anilines is 1. The quantitative estimate of drug-likeness (QED) is 0.663. The third-order valence-electron chi connectivity index (χ3n) is 4.93. The molecule has 2 unspecified atom stereocenters. The fourth-order valence-electron chi connectivity index (χ4n) is 3.75. The van der Waals surface area contributed by atoms with Crippen LogP contribution in [0.5, 0.6) is 0 Å². The molecule has 2 bridgehead atoms. The van der Waals surface area contributed by atoms with Gasteiger partial charge in [0.25, 0.3) is 5.69 Å². The number of fused-ring (bicyclic) bond motifs is 2. The maximum absolute atomic E-state index is 11.1. The van der Waals surface area contributed by atoms with E-state index in [1.165, 1.54) is 25.7 Å². The summed E-state index contributed by atoms with van der Waals surface area (Å²) in [6, 6.07) is 6.45. The topological polar surface area (TPSA) is 58.4 Å². The van der Waals surface area contributed by atoms with Crippen molar-refractivity contribution in [2.24, 2.45) is 5.92 Å². The Morgan fingerprint density at radius 3 is 2.67 bits per heavy atom. The van der Waals surface area contributed by atoms with Crippen molar-refractivity contribution >= 4 is 27.3 Å². The van der Waals surface area contributed by atoms with Gasteiger partial charge in [-0.3, -0.25) is 10.1 Å². The highest BCUT2D eigenvalue weighted by molar-refractivity contribution is 9.10. The molecule has 21 heavy (non-hydrogen) atoms. The minimum atomic E-state index is -0.326. The molecule has 2 fully saturated rings. The molecule has 2 aliphatic rings. The number of nitrogens with zero attached hydrogens (tertiary/aromatic N) is 2. The van der Waals surface area contributed by atoms with Crippen LogP contribution >= 0.6 is 15.9 Å². The monoisotopic (exact) mass is 353 g/mol. The number of hydrogen-bond donors (Lipinski definition) is 1. The number of rotatable bonds is 4. The van der Waals surface area contributed by atoms with Gasteiger partial charge in [0.1, 0.15) is 5.69 Å². The summed E-state index contributed by atoms with van der Waals surface area (Å²) < 4.78 is 0.860. The van der Waals surface area contributed by atoms with Crippen LogP contribution in [-0.4, -0.2) is 35.5 Å². The van der Waals surface area contributed by atoms with Gasteiger partial charge in [-0.25, -0.2) is 0 Å². The van der Waals surface area contributed by atoms with Crippen LogP contribution in [0.15, 0.2) is 22.7 Å². The molecule has 0 aliphatic carbocycles. The Bertz CT molecular complexity index is 538. The molecule has 0 radical (unpaired) electrons. The number of hydrogen-bond acceptors (Lipinski definition) is 4. The zero-order chi connectivity index (χ0) is 15.0. The van der Waals surface area contributed by atoms with Crippen molar-refractivity contribution in [3.8, 4) is 0 Å². The van der Waals surface area contributed by atoms with E-state index in [1.807, 2.05) is 0 Å². The standard InChI is InChI=1S/C15H20BrN3O2/c1-18-12-3-4-13(18)7-10(6-12)9-17-14-8-11(16)2-5-15(14)19(20)21/h2,5,8,10,12-13,17H,3-4,6-7,9H2,1H3. The number of halogens is 1. The zero-order valence-corrected chi connectivity index (χ0v) is 13.7. The fourth-order valence-corrected chi connectivity index (χ4v) is 4.12. The maximum atomic E-state index is 11.1. The summed E-state index contributed by atoms with van der Waals surface area (Å²) in [7, 11) is 2.23. The lowest BCUT2D eigenvalue weighted by Gasteiger charge is -2.36. The number of benzene rings is 1. The third kappa shape index (κ3) is 3.06. The van der Waals surface area contributed by atoms with Gasteiger partial charge in [0.05, 0.1) is 4.92 Å². The lowest BCUT2D eigenvalue weighted by molar-refractivity contribution is -0.384. The Labute approximate surface area is 133 Å². The SMILES string of the molecule is CN1C2CCC1CC(CNc1cc(Br)ccc1[N+](=O)[O-])C2. The molecule has 3 rings (SSSR count). The summed E-state index contributed by atoms with van der Waals surface area (Å²) in [6.07, 6.45) is 4.99. The Morgan fingerprint density at radius 2 is 2.05 bits per heavy atom. The lowest BCUT2D eigenvalue weighted by atomic mass is 9.91. The van der Waals surface area contributed by atoms with E-state index in [0.29, 0.717) is 23.7 Å². The van der Waals surface area contributed by atoms with Crippen LogP contribution in [0, 0.1) is 16.0 Å². The van der Waals surface area contributed by atoms with Gasteiger partial charge in [0.2, 0.25) is 0 Å². The van der Waals surface area contributed by atoms with E-state index >= 15 is 0 Å². The molecule has 2 heterocycles. The molecule has 1 N–H and O–H groups in total. The molecule has 6 heteroatoms. The number of nitro groups is 1. The first-order valence-corrected chi connectivity index (χ1v) is 8.23. The molecule has 0 saturated carbocycles. The molecular formula is C15H20BrN3O2. The second-order valence-electron chi connectivity index (χ2n) is 6.19. The second-order valence-corrected chi connectivity index (χ2v) is 7.10. The van der Waals surface area contributed by atoms with Crippen molar-refractivity contribution in [1.29, 1.82) is 0 Å². The summed E-state index contributed by atoms with van der Waals surface area (Å²) in [5.74, 6) is 0.609. The summed E-state index contributed by atoms with van der Waals surface area (Å²) in [4.78, 5) is 13.3. The smallest absolute Gasteiger partial charge is 0.292 e. The largest absolute Gasteiger partial charge is 0.379 e. The average Bonchev–Trinajstić information content (AvgIpc) is 2.67. The van der Waals surface area contributed by atoms with Crippen LogP contribution in [0.1, 0.15) is 25.7 Å². The van der Waals surface area contributed by atoms with Crippen molar-refractivity contribution in [1.82, 2.24) is 4.90 Å². The first-order valence-electron chi connectivity index (χ1n) is 7.44. The van der Waals surface area contributed by atoms with Crippen molar-refractivity contribution in [2.45, 2.75) is 37.8 Å². The number of piperidine rings is 1. The van der Waals surface area contributed by atoms with Crippen LogP contribution in [0.4, 0.5) is 11.4 Å². The predicted molar refractivity (Wildman–Crippen MR) is 86.6 cm³/mol. The van der Waals surface area contributed by atoms with Gasteiger partial charge in [-0.15, -0.1) is 0 Å². The van der Waals surface area contributed by atoms with Crippen LogP contribution in [0.2, 0.25) is 0 Å². The third-order valence-corrected chi connectivity index (χ3v) is 5.43. The van der Waals surface area contributed by atoms with Gasteiger partial charge in [-0.2, -0.15) is 0 Å². The highest BCUT2D eigenvalue weighted by atomic mass is 79.9. The first-order chi connectivity index (χ1) is 10.0. The number of nitro benzene ring substituents is 1. The normalized spacial score (nSPS) is 28.6. The average molecular weight is 354 g/mol. The van der Waals surface area contributed by atoms with Crippen molar-refractivity contribution in [3.05, 3.63) is 32.8 Å². The molecule has 0 aromatic heterocycles. The summed E-state index contributed by atoms with van der Waals surface area (Å²) in [5.41, 5.74) is 0.759. The molecular weight excluding hydrogens is 334 g/mol. The highest BCUT2D eigenvalue weighted by Crippen LogP contribution is 2.38. The summed E-state index contributed by atoms with van der Waals surface area (Å²) in [5, 5.41) is 14.4. The summed E-state index contributed by atoms with van der Waals surface area (Å²) in [6.45, 7) is 0.818. The van der Waals surface area contributed by atoms with Gasteiger partial charge in [-0.1, -0.05) is 15.9 Å². The molecule has 1 aromatic rings. The van der Waals surface area contributed by atoms with Gasteiger partial charge in [-0.05, 0) is 50.8 Å². The van der Waals surface area contributed by atoms with E-state index in [9.17, 15) is 10.1 Å². The molecule has 2 saturated heterocycles. The van der Waals surface area contributed by atoms with Crippen molar-refractivity contribution in [2.75, 3.05) is 18.9 Å². The van der Waals surface area contributed by atoms with E-state index in [-0.39, 0.29) is 10.6 Å². The van der Waals surface area contributed by atoms with Crippen molar-refractivity contribution in [3.63, 3.8) is 0 Å². The van der Waals surface area contributed by atoms with E-state index in [2.05, 4.69) is 33.2 Å². The molecule has 2 aliphatic heterocycles. The minimum absolute atomic E-state index is 0.147. The van der Waals surface area contributed by atoms with Crippen LogP contribution in [-0.2, 0) is 0 Å². The van der Waals surface area contributed by atoms with Crippen LogP contribution in [0.3, 0.4) is 0 Å². The predicted octanol–water partition coefficient (Wildman–Crippen LogP) is 3.64. The molecule has 1 aromatic carbocycles. The molecule has 114 valence electrons. The zero-order valence-electron chi connectivity index (χ0n) is 12.1. The fraction of sp³-hybridized carbons (Fsp3) is 0.600. The maximum Gasteiger partial charge on any atom is 0.292 e. The molecule has 5 nitrogen and oxygen atoms in total. The Hall–Kier alpha value is -1.14. The molecule has 2 atom stereocenters. The number of nitrogens with one attached hydrogen (secondary N) is 1. The van der Waals surface area contributed by atoms with Crippen molar-refractivity contribution < 1.29 is 4.92 Å². The Morgan fingerprint density at radius 1 is 1.38 bits per heavy atom. The van der Waals surface area contributed by atoms with Gasteiger partial charge >= 0.3 is 0 Å². The van der Waals surface area contributed by atoms with E-state index in [1.54, 1.807) is 18.2 Å². The molecule has 0 spiro atoms. The van der Waals surface area contributed by atoms with E-state index < -0.39 is 0 Å². The van der Waals surface area contributed by atoms with Gasteiger partial charge in [0.15, 0.2) is 0 Å². The molecule has 0 amide bonds. The van der Waals surface area contributed by atoms with Gasteiger partial charge < -0.3 is 10.2 Å². The first kappa shape index (κ1) is 14.8. The Balaban J connectivity index is 1.66. The summed E-state index contributed by atoms with van der Waals surface area (Å²) >= 11 is 3.38.